The van der Waals surface area contributed by atoms with Gasteiger partial charge in [-0.15, -0.1) is 0 Å². The zero-order chi connectivity index (χ0) is 21.7. The number of rotatable bonds is 5. The number of hydrogen-bond acceptors (Lipinski definition) is 2. The molecule has 0 radical (unpaired) electrons. The lowest BCUT2D eigenvalue weighted by Gasteiger charge is -2.10. The van der Waals surface area contributed by atoms with Crippen molar-refractivity contribution >= 4 is 52.5 Å². The van der Waals surface area contributed by atoms with E-state index in [0.29, 0.717) is 32.7 Å². The first-order chi connectivity index (χ1) is 14.4. The molecule has 0 aliphatic carbocycles. The predicted octanol–water partition coefficient (Wildman–Crippen LogP) is 7.09. The van der Waals surface area contributed by atoms with E-state index < -0.39 is 5.91 Å². The van der Waals surface area contributed by atoms with Crippen LogP contribution in [0.5, 0.6) is 0 Å². The molecular weight excluding hydrogens is 439 g/mol. The normalized spacial score (nSPS) is 11.1. The Balaban J connectivity index is 1.92. The zero-order valence-corrected chi connectivity index (χ0v) is 18.3. The second-order valence-electron chi connectivity index (χ2n) is 6.70. The van der Waals surface area contributed by atoms with Crippen molar-refractivity contribution in [1.82, 2.24) is 0 Å². The summed E-state index contributed by atoms with van der Waals surface area (Å²) >= 11 is 18.6. The third kappa shape index (κ3) is 5.43. The molecular formula is C24H17Cl3N2O. The maximum atomic E-state index is 12.7. The highest BCUT2D eigenvalue weighted by Crippen LogP contribution is 2.25. The molecule has 3 nitrogen and oxygen atoms in total. The maximum Gasteiger partial charge on any atom is 0.266 e. The number of amides is 1. The minimum absolute atomic E-state index is 0.0469. The van der Waals surface area contributed by atoms with Crippen LogP contribution in [0.3, 0.4) is 0 Å². The smallest absolute Gasteiger partial charge is 0.266 e. The summed E-state index contributed by atoms with van der Waals surface area (Å²) in [4.78, 5) is 12.7. The molecule has 30 heavy (non-hydrogen) atoms. The van der Waals surface area contributed by atoms with Gasteiger partial charge in [0.05, 0.1) is 0 Å². The minimum atomic E-state index is -0.527. The molecule has 150 valence electrons. The van der Waals surface area contributed by atoms with Crippen LogP contribution in [0.15, 0.2) is 66.2 Å². The van der Waals surface area contributed by atoms with Crippen LogP contribution in [0, 0.1) is 18.3 Å². The van der Waals surface area contributed by atoms with Gasteiger partial charge in [0.1, 0.15) is 11.6 Å². The van der Waals surface area contributed by atoms with Crippen molar-refractivity contribution in [3.63, 3.8) is 0 Å². The second kappa shape index (κ2) is 9.82. The van der Waals surface area contributed by atoms with Gasteiger partial charge < -0.3 is 5.32 Å². The first-order valence-corrected chi connectivity index (χ1v) is 10.2. The van der Waals surface area contributed by atoms with Crippen LogP contribution in [0.1, 0.15) is 22.3 Å². The van der Waals surface area contributed by atoms with E-state index in [4.69, 9.17) is 34.8 Å². The summed E-state index contributed by atoms with van der Waals surface area (Å²) in [5.74, 6) is -0.527. The zero-order valence-electron chi connectivity index (χ0n) is 16.0. The molecule has 0 aliphatic heterocycles. The first kappa shape index (κ1) is 21.9. The van der Waals surface area contributed by atoms with Gasteiger partial charge in [-0.2, -0.15) is 5.26 Å². The molecule has 3 rings (SSSR count). The molecule has 3 aromatic rings. The molecule has 0 heterocycles. The molecule has 0 atom stereocenters. The largest absolute Gasteiger partial charge is 0.321 e. The van der Waals surface area contributed by atoms with Crippen molar-refractivity contribution < 1.29 is 4.79 Å². The summed E-state index contributed by atoms with van der Waals surface area (Å²) in [5, 5.41) is 14.0. The number of carbonyl (C=O) groups excluding carboxylic acids is 1. The van der Waals surface area contributed by atoms with Gasteiger partial charge in [0.2, 0.25) is 0 Å². The third-order valence-corrected chi connectivity index (χ3v) is 5.55. The Bertz CT molecular complexity index is 1180. The van der Waals surface area contributed by atoms with Gasteiger partial charge in [-0.1, -0.05) is 65.1 Å². The lowest BCUT2D eigenvalue weighted by Crippen LogP contribution is -2.13. The Morgan fingerprint density at radius 2 is 1.77 bits per heavy atom. The van der Waals surface area contributed by atoms with E-state index in [1.807, 2.05) is 43.3 Å². The Labute approximate surface area is 190 Å². The highest BCUT2D eigenvalue weighted by atomic mass is 35.5. The number of halogens is 3. The van der Waals surface area contributed by atoms with E-state index in [0.717, 1.165) is 16.7 Å². The van der Waals surface area contributed by atoms with Crippen molar-refractivity contribution in [2.75, 3.05) is 5.32 Å². The monoisotopic (exact) mass is 454 g/mol. The SMILES string of the molecule is Cc1ccc(NC(=O)/C(C#N)=C/c2cc(Cl)ccc2Cc2ccccc2Cl)cc1Cl. The number of nitrogens with zero attached hydrogens (tertiary/aromatic N) is 1. The summed E-state index contributed by atoms with van der Waals surface area (Å²) in [5.41, 5.74) is 3.87. The van der Waals surface area contributed by atoms with Crippen molar-refractivity contribution in [3.8, 4) is 6.07 Å². The van der Waals surface area contributed by atoms with E-state index in [1.165, 1.54) is 6.08 Å². The Kier molecular flexibility index (Phi) is 7.18. The van der Waals surface area contributed by atoms with Crippen LogP contribution in [-0.4, -0.2) is 5.91 Å². The van der Waals surface area contributed by atoms with Crippen molar-refractivity contribution in [2.45, 2.75) is 13.3 Å². The summed E-state index contributed by atoms with van der Waals surface area (Å²) in [6, 6.07) is 20.0. The molecule has 0 saturated carbocycles. The summed E-state index contributed by atoms with van der Waals surface area (Å²) in [6.07, 6.45) is 2.07. The van der Waals surface area contributed by atoms with E-state index in [-0.39, 0.29) is 5.57 Å². The highest BCUT2D eigenvalue weighted by molar-refractivity contribution is 6.32. The molecule has 0 unspecified atom stereocenters. The standard InChI is InChI=1S/C24H17Cl3N2O/c1-15-6-9-21(13-23(15)27)29-24(30)19(14-28)11-18-12-20(25)8-7-16(18)10-17-4-2-3-5-22(17)26/h2-9,11-13H,10H2,1H3,(H,29,30)/b19-11+. The Morgan fingerprint density at radius 1 is 1.00 bits per heavy atom. The molecule has 1 N–H and O–H groups in total. The Hall–Kier alpha value is -2.77. The number of hydrogen-bond donors (Lipinski definition) is 1. The minimum Gasteiger partial charge on any atom is -0.321 e. The van der Waals surface area contributed by atoms with Gasteiger partial charge in [-0.3, -0.25) is 4.79 Å². The molecule has 6 heteroatoms. The van der Waals surface area contributed by atoms with Crippen molar-refractivity contribution in [2.24, 2.45) is 0 Å². The van der Waals surface area contributed by atoms with Gasteiger partial charge in [0.15, 0.2) is 0 Å². The number of nitrogens with one attached hydrogen (secondary N) is 1. The van der Waals surface area contributed by atoms with Crippen LogP contribution in [0.25, 0.3) is 6.08 Å². The van der Waals surface area contributed by atoms with Gasteiger partial charge in [-0.05, 0) is 72.0 Å². The number of nitriles is 1. The van der Waals surface area contributed by atoms with Crippen LogP contribution in [0.4, 0.5) is 5.69 Å². The molecule has 0 aromatic heterocycles. The molecule has 0 spiro atoms. The molecule has 1 amide bonds. The average molecular weight is 456 g/mol. The van der Waals surface area contributed by atoms with Gasteiger partial charge in [0, 0.05) is 20.8 Å². The lowest BCUT2D eigenvalue weighted by molar-refractivity contribution is -0.112. The van der Waals surface area contributed by atoms with Crippen molar-refractivity contribution in [1.29, 1.82) is 5.26 Å². The lowest BCUT2D eigenvalue weighted by atomic mass is 9.98. The van der Waals surface area contributed by atoms with Crippen LogP contribution < -0.4 is 5.32 Å². The predicted molar refractivity (Wildman–Crippen MR) is 124 cm³/mol. The maximum absolute atomic E-state index is 12.7. The number of anilines is 1. The molecule has 0 saturated heterocycles. The quantitative estimate of drug-likeness (QED) is 0.330. The fraction of sp³-hybridized carbons (Fsp3) is 0.0833. The highest BCUT2D eigenvalue weighted by Gasteiger charge is 2.13. The van der Waals surface area contributed by atoms with Gasteiger partial charge in [-0.25, -0.2) is 0 Å². The number of aryl methyl sites for hydroxylation is 1. The van der Waals surface area contributed by atoms with E-state index in [2.05, 4.69) is 5.32 Å². The van der Waals surface area contributed by atoms with Crippen LogP contribution in [-0.2, 0) is 11.2 Å². The van der Waals surface area contributed by atoms with E-state index in [9.17, 15) is 10.1 Å². The summed E-state index contributed by atoms with van der Waals surface area (Å²) in [6.45, 7) is 1.87. The van der Waals surface area contributed by atoms with Crippen molar-refractivity contribution in [3.05, 3.63) is 104 Å². The molecule has 0 aliphatic rings. The third-order valence-electron chi connectivity index (χ3n) is 4.54. The number of benzene rings is 3. The first-order valence-electron chi connectivity index (χ1n) is 9.08. The summed E-state index contributed by atoms with van der Waals surface area (Å²) < 4.78 is 0. The molecule has 0 fully saturated rings. The fourth-order valence-electron chi connectivity index (χ4n) is 2.88. The molecule has 0 bridgehead atoms. The Morgan fingerprint density at radius 3 is 2.47 bits per heavy atom. The topological polar surface area (TPSA) is 52.9 Å². The van der Waals surface area contributed by atoms with Crippen LogP contribution >= 0.6 is 34.8 Å². The van der Waals surface area contributed by atoms with Crippen LogP contribution in [0.2, 0.25) is 15.1 Å². The van der Waals surface area contributed by atoms with Gasteiger partial charge >= 0.3 is 0 Å². The molecule has 3 aromatic carbocycles. The number of carbonyl (C=O) groups is 1. The van der Waals surface area contributed by atoms with E-state index >= 15 is 0 Å². The van der Waals surface area contributed by atoms with Gasteiger partial charge in [0.25, 0.3) is 5.91 Å². The average Bonchev–Trinajstić information content (AvgIpc) is 2.72. The van der Waals surface area contributed by atoms with E-state index in [1.54, 1.807) is 30.3 Å². The summed E-state index contributed by atoms with van der Waals surface area (Å²) in [7, 11) is 0. The second-order valence-corrected chi connectivity index (χ2v) is 7.95. The fourth-order valence-corrected chi connectivity index (χ4v) is 3.44.